The number of nitrogens with one attached hydrogen (secondary N) is 2. The lowest BCUT2D eigenvalue weighted by molar-refractivity contribution is -0.114. The normalized spacial score (nSPS) is 11.8. The van der Waals surface area contributed by atoms with Crippen molar-refractivity contribution in [3.05, 3.63) is 59.4 Å². The van der Waals surface area contributed by atoms with Crippen molar-refractivity contribution in [3.8, 4) is 0 Å². The molecule has 110 valence electrons. The zero-order chi connectivity index (χ0) is 15.4. The van der Waals surface area contributed by atoms with Gasteiger partial charge in [-0.05, 0) is 49.2 Å². The highest BCUT2D eigenvalue weighted by Gasteiger charge is 2.08. The molecule has 0 aliphatic heterocycles. The van der Waals surface area contributed by atoms with E-state index >= 15 is 0 Å². The summed E-state index contributed by atoms with van der Waals surface area (Å²) < 4.78 is 13.3. The average molecular weight is 286 g/mol. The molecule has 0 aromatic heterocycles. The Bertz CT molecular complexity index is 655. The number of carbonyl (C=O) groups excluding carboxylic acids is 1. The van der Waals surface area contributed by atoms with Gasteiger partial charge in [0.15, 0.2) is 0 Å². The molecule has 0 fully saturated rings. The zero-order valence-corrected chi connectivity index (χ0v) is 12.4. The molecule has 1 unspecified atom stereocenters. The van der Waals surface area contributed by atoms with E-state index in [1.807, 2.05) is 38.1 Å². The van der Waals surface area contributed by atoms with Gasteiger partial charge in [-0.15, -0.1) is 0 Å². The molecule has 0 saturated carbocycles. The van der Waals surface area contributed by atoms with E-state index in [-0.39, 0.29) is 17.8 Å². The standard InChI is InChI=1S/C17H19FN2O/c1-11-7-8-16(10-17(11)20-13(3)21)19-12(2)14-5-4-6-15(18)9-14/h4-10,12,19H,1-3H3,(H,20,21). The first-order chi connectivity index (χ1) is 9.95. The summed E-state index contributed by atoms with van der Waals surface area (Å²) in [5, 5.41) is 6.10. The molecule has 0 aliphatic carbocycles. The van der Waals surface area contributed by atoms with Crippen molar-refractivity contribution in [2.45, 2.75) is 26.8 Å². The van der Waals surface area contributed by atoms with Crippen LogP contribution in [0.1, 0.15) is 31.0 Å². The molecule has 2 aromatic carbocycles. The first-order valence-electron chi connectivity index (χ1n) is 6.86. The Morgan fingerprint density at radius 3 is 2.62 bits per heavy atom. The van der Waals surface area contributed by atoms with Gasteiger partial charge >= 0.3 is 0 Å². The maximum absolute atomic E-state index is 13.3. The van der Waals surface area contributed by atoms with Gasteiger partial charge in [0.2, 0.25) is 5.91 Å². The third-order valence-electron chi connectivity index (χ3n) is 3.28. The van der Waals surface area contributed by atoms with Crippen LogP contribution in [0.15, 0.2) is 42.5 Å². The van der Waals surface area contributed by atoms with Gasteiger partial charge in [0.25, 0.3) is 0 Å². The largest absolute Gasteiger partial charge is 0.378 e. The number of hydrogen-bond acceptors (Lipinski definition) is 2. The van der Waals surface area contributed by atoms with Crippen molar-refractivity contribution in [2.24, 2.45) is 0 Å². The third-order valence-corrected chi connectivity index (χ3v) is 3.28. The van der Waals surface area contributed by atoms with E-state index < -0.39 is 0 Å². The summed E-state index contributed by atoms with van der Waals surface area (Å²) in [4.78, 5) is 11.2. The molecule has 0 heterocycles. The topological polar surface area (TPSA) is 41.1 Å². The van der Waals surface area contributed by atoms with E-state index in [2.05, 4.69) is 10.6 Å². The van der Waals surface area contributed by atoms with Gasteiger partial charge in [-0.2, -0.15) is 0 Å². The van der Waals surface area contributed by atoms with Crippen molar-refractivity contribution >= 4 is 17.3 Å². The number of halogens is 1. The van der Waals surface area contributed by atoms with Crippen molar-refractivity contribution < 1.29 is 9.18 Å². The Labute approximate surface area is 124 Å². The SMILES string of the molecule is CC(=O)Nc1cc(NC(C)c2cccc(F)c2)ccc1C. The number of aryl methyl sites for hydroxylation is 1. The summed E-state index contributed by atoms with van der Waals surface area (Å²) >= 11 is 0. The quantitative estimate of drug-likeness (QED) is 0.881. The number of carbonyl (C=O) groups is 1. The third kappa shape index (κ3) is 4.05. The van der Waals surface area contributed by atoms with Gasteiger partial charge in [-0.25, -0.2) is 4.39 Å². The molecule has 3 nitrogen and oxygen atoms in total. The van der Waals surface area contributed by atoms with Crippen molar-refractivity contribution in [1.82, 2.24) is 0 Å². The Morgan fingerprint density at radius 1 is 1.19 bits per heavy atom. The Hall–Kier alpha value is -2.36. The lowest BCUT2D eigenvalue weighted by Crippen LogP contribution is -2.10. The smallest absolute Gasteiger partial charge is 0.221 e. The predicted molar refractivity (Wildman–Crippen MR) is 83.9 cm³/mol. The van der Waals surface area contributed by atoms with Crippen LogP contribution in [0, 0.1) is 12.7 Å². The summed E-state index contributed by atoms with van der Waals surface area (Å²) in [6, 6.07) is 12.2. The Kier molecular flexibility index (Phi) is 4.58. The summed E-state index contributed by atoms with van der Waals surface area (Å²) in [5.41, 5.74) is 3.52. The minimum absolute atomic E-state index is 0.0337. The van der Waals surface area contributed by atoms with Crippen LogP contribution in [0.5, 0.6) is 0 Å². The van der Waals surface area contributed by atoms with E-state index in [1.54, 1.807) is 6.07 Å². The van der Waals surface area contributed by atoms with Gasteiger partial charge in [0.05, 0.1) is 0 Å². The van der Waals surface area contributed by atoms with Gasteiger partial charge in [-0.1, -0.05) is 18.2 Å². The Balaban J connectivity index is 2.17. The van der Waals surface area contributed by atoms with Crippen LogP contribution < -0.4 is 10.6 Å². The fraction of sp³-hybridized carbons (Fsp3) is 0.235. The minimum Gasteiger partial charge on any atom is -0.378 e. The summed E-state index contributed by atoms with van der Waals surface area (Å²) in [6.07, 6.45) is 0. The monoisotopic (exact) mass is 286 g/mol. The zero-order valence-electron chi connectivity index (χ0n) is 12.4. The average Bonchev–Trinajstić information content (AvgIpc) is 2.42. The van der Waals surface area contributed by atoms with Gasteiger partial charge in [0.1, 0.15) is 5.82 Å². The number of benzene rings is 2. The predicted octanol–water partition coefficient (Wildman–Crippen LogP) is 4.27. The molecule has 21 heavy (non-hydrogen) atoms. The first-order valence-corrected chi connectivity index (χ1v) is 6.86. The second kappa shape index (κ2) is 6.39. The number of amides is 1. The first kappa shape index (κ1) is 15.0. The van der Waals surface area contributed by atoms with Crippen LogP contribution >= 0.6 is 0 Å². The molecule has 0 aliphatic rings. The van der Waals surface area contributed by atoms with Gasteiger partial charge in [0, 0.05) is 24.3 Å². The maximum atomic E-state index is 13.3. The second-order valence-corrected chi connectivity index (χ2v) is 5.13. The number of hydrogen-bond donors (Lipinski definition) is 2. The molecule has 4 heteroatoms. The summed E-state index contributed by atoms with van der Waals surface area (Å²) in [7, 11) is 0. The number of rotatable bonds is 4. The number of anilines is 2. The van der Waals surface area contributed by atoms with Crippen LogP contribution in [0.2, 0.25) is 0 Å². The van der Waals surface area contributed by atoms with Crippen LogP contribution in [0.4, 0.5) is 15.8 Å². The lowest BCUT2D eigenvalue weighted by Gasteiger charge is -2.17. The van der Waals surface area contributed by atoms with E-state index in [9.17, 15) is 9.18 Å². The maximum Gasteiger partial charge on any atom is 0.221 e. The van der Waals surface area contributed by atoms with E-state index in [0.717, 1.165) is 22.5 Å². The van der Waals surface area contributed by atoms with Crippen LogP contribution in [-0.4, -0.2) is 5.91 Å². The molecule has 1 atom stereocenters. The van der Waals surface area contributed by atoms with Gasteiger partial charge in [-0.3, -0.25) is 4.79 Å². The minimum atomic E-state index is -0.246. The molecule has 1 amide bonds. The molecular formula is C17H19FN2O. The van der Waals surface area contributed by atoms with E-state index in [4.69, 9.17) is 0 Å². The van der Waals surface area contributed by atoms with Crippen LogP contribution in [0.3, 0.4) is 0 Å². The van der Waals surface area contributed by atoms with Crippen molar-refractivity contribution in [2.75, 3.05) is 10.6 Å². The second-order valence-electron chi connectivity index (χ2n) is 5.13. The Morgan fingerprint density at radius 2 is 1.95 bits per heavy atom. The molecule has 2 rings (SSSR count). The summed E-state index contributed by atoms with van der Waals surface area (Å²) in [5.74, 6) is -0.350. The fourth-order valence-corrected chi connectivity index (χ4v) is 2.15. The molecule has 2 aromatic rings. The van der Waals surface area contributed by atoms with Gasteiger partial charge < -0.3 is 10.6 Å². The molecular weight excluding hydrogens is 267 g/mol. The molecule has 0 saturated heterocycles. The molecule has 0 radical (unpaired) electrons. The highest BCUT2D eigenvalue weighted by molar-refractivity contribution is 5.90. The highest BCUT2D eigenvalue weighted by atomic mass is 19.1. The van der Waals surface area contributed by atoms with Crippen LogP contribution in [-0.2, 0) is 4.79 Å². The molecule has 0 spiro atoms. The molecule has 0 bridgehead atoms. The highest BCUT2D eigenvalue weighted by Crippen LogP contribution is 2.24. The van der Waals surface area contributed by atoms with E-state index in [0.29, 0.717) is 0 Å². The van der Waals surface area contributed by atoms with Crippen molar-refractivity contribution in [3.63, 3.8) is 0 Å². The fourth-order valence-electron chi connectivity index (χ4n) is 2.15. The summed E-state index contributed by atoms with van der Waals surface area (Å²) in [6.45, 7) is 5.38. The lowest BCUT2D eigenvalue weighted by atomic mass is 10.1. The van der Waals surface area contributed by atoms with E-state index in [1.165, 1.54) is 19.1 Å². The molecule has 2 N–H and O–H groups in total. The van der Waals surface area contributed by atoms with Crippen molar-refractivity contribution in [1.29, 1.82) is 0 Å². The van der Waals surface area contributed by atoms with Crippen LogP contribution in [0.25, 0.3) is 0 Å².